The number of hydrogen-bond donors (Lipinski definition) is 0. The van der Waals surface area contributed by atoms with Crippen molar-refractivity contribution in [2.75, 3.05) is 0 Å². The summed E-state index contributed by atoms with van der Waals surface area (Å²) in [6.07, 6.45) is 3.82. The smallest absolute Gasteiger partial charge is 0.235 e. The van der Waals surface area contributed by atoms with Crippen LogP contribution in [0.2, 0.25) is 0 Å². The second-order valence-corrected chi connectivity index (χ2v) is 10.4. The Labute approximate surface area is 222 Å². The minimum absolute atomic E-state index is 0.648. The first-order valence-electron chi connectivity index (χ1n) is 12.5. The van der Waals surface area contributed by atoms with Gasteiger partial charge in [-0.05, 0) is 30.3 Å². The molecule has 0 unspecified atom stereocenters. The minimum Gasteiger partial charge on any atom is -0.278 e. The van der Waals surface area contributed by atoms with E-state index >= 15 is 0 Å². The highest BCUT2D eigenvalue weighted by Crippen LogP contribution is 2.43. The van der Waals surface area contributed by atoms with E-state index in [0.29, 0.717) is 5.95 Å². The Kier molecular flexibility index (Phi) is 4.66. The maximum Gasteiger partial charge on any atom is 0.235 e. The molecule has 0 aliphatic heterocycles. The minimum atomic E-state index is 0.648. The number of thiophene rings is 1. The molecule has 8 rings (SSSR count). The zero-order valence-corrected chi connectivity index (χ0v) is 21.1. The maximum absolute atomic E-state index is 5.14. The monoisotopic (exact) mass is 504 g/mol. The van der Waals surface area contributed by atoms with Crippen LogP contribution in [-0.2, 0) is 0 Å². The van der Waals surface area contributed by atoms with Crippen molar-refractivity contribution in [2.45, 2.75) is 0 Å². The molecule has 4 nitrogen and oxygen atoms in total. The molecule has 0 aliphatic carbocycles. The highest BCUT2D eigenvalue weighted by atomic mass is 32.1. The lowest BCUT2D eigenvalue weighted by molar-refractivity contribution is 0.995. The first kappa shape index (κ1) is 21.2. The van der Waals surface area contributed by atoms with Crippen molar-refractivity contribution in [3.63, 3.8) is 0 Å². The fraction of sp³-hybridized carbons (Fsp3) is 0. The molecule has 8 aromatic rings. The standard InChI is InChI=1S/C33H20N4S/c1-3-9-21(10-4-1)25-19-26(22-11-5-2-6-12-22)36-33(35-25)37-27-17-18-34-20-24(27)31-28(37)15-16-30-32(31)23-13-7-8-14-29(23)38-30/h1-20H. The summed E-state index contributed by atoms with van der Waals surface area (Å²) in [5.74, 6) is 0.648. The van der Waals surface area contributed by atoms with Gasteiger partial charge in [0.05, 0.1) is 22.4 Å². The average Bonchev–Trinajstić information content (AvgIpc) is 3.53. The van der Waals surface area contributed by atoms with Gasteiger partial charge >= 0.3 is 0 Å². The molecule has 0 aliphatic rings. The molecule has 38 heavy (non-hydrogen) atoms. The number of hydrogen-bond acceptors (Lipinski definition) is 4. The first-order chi connectivity index (χ1) is 18.8. The molecule has 4 heterocycles. The second kappa shape index (κ2) is 8.33. The van der Waals surface area contributed by atoms with E-state index < -0.39 is 0 Å². The lowest BCUT2D eigenvalue weighted by Crippen LogP contribution is -2.04. The quantitative estimate of drug-likeness (QED) is 0.242. The third-order valence-electron chi connectivity index (χ3n) is 7.12. The number of nitrogens with zero attached hydrogens (tertiary/aromatic N) is 4. The van der Waals surface area contributed by atoms with Crippen molar-refractivity contribution in [3.05, 3.63) is 122 Å². The molecular formula is C33H20N4S. The highest BCUT2D eigenvalue weighted by Gasteiger charge is 2.20. The van der Waals surface area contributed by atoms with Gasteiger partial charge in [0.1, 0.15) is 0 Å². The molecule has 0 saturated carbocycles. The number of rotatable bonds is 3. The zero-order valence-electron chi connectivity index (χ0n) is 20.2. The van der Waals surface area contributed by atoms with Gasteiger partial charge < -0.3 is 0 Å². The third-order valence-corrected chi connectivity index (χ3v) is 8.26. The molecule has 4 aromatic carbocycles. The van der Waals surface area contributed by atoms with Crippen molar-refractivity contribution in [3.8, 4) is 28.5 Å². The van der Waals surface area contributed by atoms with Gasteiger partial charge in [-0.2, -0.15) is 0 Å². The van der Waals surface area contributed by atoms with Gasteiger partial charge in [-0.15, -0.1) is 11.3 Å². The van der Waals surface area contributed by atoms with Crippen molar-refractivity contribution >= 4 is 53.3 Å². The summed E-state index contributed by atoms with van der Waals surface area (Å²) in [6.45, 7) is 0. The van der Waals surface area contributed by atoms with Crippen LogP contribution in [0.5, 0.6) is 0 Å². The molecule has 178 valence electrons. The summed E-state index contributed by atoms with van der Waals surface area (Å²) < 4.78 is 4.75. The molecule has 0 amide bonds. The van der Waals surface area contributed by atoms with E-state index in [-0.39, 0.29) is 0 Å². The van der Waals surface area contributed by atoms with Gasteiger partial charge in [-0.3, -0.25) is 9.55 Å². The summed E-state index contributed by atoms with van der Waals surface area (Å²) in [6, 6.07) is 37.8. The molecule has 0 N–H and O–H groups in total. The van der Waals surface area contributed by atoms with Gasteiger partial charge in [-0.25, -0.2) is 9.97 Å². The van der Waals surface area contributed by atoms with Gasteiger partial charge in [0, 0.05) is 54.5 Å². The van der Waals surface area contributed by atoms with Crippen LogP contribution in [0, 0.1) is 0 Å². The van der Waals surface area contributed by atoms with E-state index in [1.54, 1.807) is 0 Å². The lowest BCUT2D eigenvalue weighted by Gasteiger charge is -2.11. The Morgan fingerprint density at radius 2 is 1.24 bits per heavy atom. The second-order valence-electron chi connectivity index (χ2n) is 9.33. The Hall–Kier alpha value is -4.87. The summed E-state index contributed by atoms with van der Waals surface area (Å²) in [5.41, 5.74) is 6.01. The summed E-state index contributed by atoms with van der Waals surface area (Å²) in [4.78, 5) is 14.8. The molecule has 5 heteroatoms. The summed E-state index contributed by atoms with van der Waals surface area (Å²) in [5, 5.41) is 4.83. The number of benzene rings is 4. The van der Waals surface area contributed by atoms with E-state index in [2.05, 4.69) is 82.3 Å². The van der Waals surface area contributed by atoms with Crippen LogP contribution >= 0.6 is 11.3 Å². The largest absolute Gasteiger partial charge is 0.278 e. The Morgan fingerprint density at radius 3 is 1.97 bits per heavy atom. The topological polar surface area (TPSA) is 43.6 Å². The van der Waals surface area contributed by atoms with Gasteiger partial charge in [0.2, 0.25) is 5.95 Å². The van der Waals surface area contributed by atoms with Crippen molar-refractivity contribution in [2.24, 2.45) is 0 Å². The number of fused-ring (bicyclic) bond motifs is 7. The van der Waals surface area contributed by atoms with Crippen LogP contribution < -0.4 is 0 Å². The van der Waals surface area contributed by atoms with E-state index in [1.165, 1.54) is 25.6 Å². The van der Waals surface area contributed by atoms with Crippen molar-refractivity contribution in [1.29, 1.82) is 0 Å². The predicted molar refractivity (Wildman–Crippen MR) is 158 cm³/mol. The van der Waals surface area contributed by atoms with Crippen molar-refractivity contribution < 1.29 is 0 Å². The normalized spacial score (nSPS) is 11.7. The van der Waals surface area contributed by atoms with Gasteiger partial charge in [0.25, 0.3) is 0 Å². The zero-order chi connectivity index (χ0) is 25.1. The van der Waals surface area contributed by atoms with Crippen LogP contribution in [0.3, 0.4) is 0 Å². The van der Waals surface area contributed by atoms with Crippen LogP contribution in [0.25, 0.3) is 70.4 Å². The molecule has 0 fully saturated rings. The van der Waals surface area contributed by atoms with Crippen LogP contribution in [0.4, 0.5) is 0 Å². The van der Waals surface area contributed by atoms with E-state index in [0.717, 1.165) is 38.9 Å². The molecule has 0 saturated heterocycles. The molecule has 4 aromatic heterocycles. The Morgan fingerprint density at radius 1 is 0.553 bits per heavy atom. The maximum atomic E-state index is 5.14. The summed E-state index contributed by atoms with van der Waals surface area (Å²) in [7, 11) is 0. The van der Waals surface area contributed by atoms with Crippen LogP contribution in [0.1, 0.15) is 0 Å². The van der Waals surface area contributed by atoms with E-state index in [4.69, 9.17) is 9.97 Å². The SMILES string of the molecule is c1ccc(-c2cc(-c3ccccc3)nc(-n3c4ccncc4c4c5c(ccc43)sc3ccccc35)n2)cc1. The third kappa shape index (κ3) is 3.19. The van der Waals surface area contributed by atoms with Crippen LogP contribution in [0.15, 0.2) is 122 Å². The first-order valence-corrected chi connectivity index (χ1v) is 13.4. The fourth-order valence-corrected chi connectivity index (χ4v) is 6.55. The molecule has 0 bridgehead atoms. The molecule has 0 atom stereocenters. The molecule has 0 spiro atoms. The predicted octanol–water partition coefficient (Wildman–Crippen LogP) is 8.67. The lowest BCUT2D eigenvalue weighted by atomic mass is 10.1. The van der Waals surface area contributed by atoms with E-state index in [9.17, 15) is 0 Å². The Bertz CT molecular complexity index is 2070. The molecule has 0 radical (unpaired) electrons. The highest BCUT2D eigenvalue weighted by molar-refractivity contribution is 7.26. The summed E-state index contributed by atoms with van der Waals surface area (Å²) >= 11 is 1.83. The van der Waals surface area contributed by atoms with Gasteiger partial charge in [-0.1, -0.05) is 78.9 Å². The van der Waals surface area contributed by atoms with E-state index in [1.807, 2.05) is 60.1 Å². The molecular weight excluding hydrogens is 484 g/mol. The average molecular weight is 505 g/mol. The van der Waals surface area contributed by atoms with Gasteiger partial charge in [0.15, 0.2) is 0 Å². The van der Waals surface area contributed by atoms with Crippen LogP contribution in [-0.4, -0.2) is 19.5 Å². The van der Waals surface area contributed by atoms with Crippen molar-refractivity contribution in [1.82, 2.24) is 19.5 Å². The Balaban J connectivity index is 1.51. The fourth-order valence-electron chi connectivity index (χ4n) is 5.43. The number of pyridine rings is 1. The number of aromatic nitrogens is 4.